The monoisotopic (exact) mass is 335 g/mol. The summed E-state index contributed by atoms with van der Waals surface area (Å²) < 4.78 is 19.7. The lowest BCUT2D eigenvalue weighted by atomic mass is 10.0. The van der Waals surface area contributed by atoms with Crippen LogP contribution in [0.15, 0.2) is 42.6 Å². The molecule has 1 aliphatic rings. The maximum atomic E-state index is 14.1. The second-order valence-electron chi connectivity index (χ2n) is 5.43. The van der Waals surface area contributed by atoms with Crippen molar-refractivity contribution in [1.29, 1.82) is 0 Å². The van der Waals surface area contributed by atoms with Crippen molar-refractivity contribution in [1.82, 2.24) is 10.2 Å². The zero-order valence-electron chi connectivity index (χ0n) is 13.4. The molecule has 0 saturated carbocycles. The fourth-order valence-corrected chi connectivity index (χ4v) is 2.83. The quantitative estimate of drug-likeness (QED) is 0.783. The Hall–Kier alpha value is -2.08. The van der Waals surface area contributed by atoms with Crippen molar-refractivity contribution in [3.8, 4) is 5.75 Å². The first-order valence-electron chi connectivity index (χ1n) is 7.57. The summed E-state index contributed by atoms with van der Waals surface area (Å²) in [6.07, 6.45) is 8.27. The van der Waals surface area contributed by atoms with E-state index in [2.05, 4.69) is 5.32 Å². The first kappa shape index (κ1) is 17.3. The lowest BCUT2D eigenvalue weighted by Crippen LogP contribution is -2.57. The highest BCUT2D eigenvalue weighted by molar-refractivity contribution is 7.80. The Morgan fingerprint density at radius 3 is 2.91 bits per heavy atom. The highest BCUT2D eigenvalue weighted by Gasteiger charge is 2.28. The Morgan fingerprint density at radius 2 is 2.22 bits per heavy atom. The average molecular weight is 335 g/mol. The van der Waals surface area contributed by atoms with Crippen LogP contribution in [0.25, 0.3) is 0 Å². The molecular weight excluding hydrogens is 313 g/mol. The summed E-state index contributed by atoms with van der Waals surface area (Å²) in [6.45, 7) is 4.95. The van der Waals surface area contributed by atoms with Gasteiger partial charge in [-0.05, 0) is 56.8 Å². The molecule has 1 heterocycles. The van der Waals surface area contributed by atoms with Gasteiger partial charge in [-0.15, -0.1) is 0 Å². The highest BCUT2D eigenvalue weighted by Crippen LogP contribution is 2.25. The number of nitrogens with two attached hydrogens (primary N) is 1. The summed E-state index contributed by atoms with van der Waals surface area (Å²) >= 11 is 4.96. The van der Waals surface area contributed by atoms with Crippen molar-refractivity contribution in [3.05, 3.63) is 54.0 Å². The van der Waals surface area contributed by atoms with Gasteiger partial charge in [0.2, 0.25) is 0 Å². The van der Waals surface area contributed by atoms with Gasteiger partial charge in [0.25, 0.3) is 0 Å². The third-order valence-corrected chi connectivity index (χ3v) is 3.85. The number of ether oxygens (including phenoxy) is 1. The zero-order chi connectivity index (χ0) is 16.9. The molecule has 0 saturated heterocycles. The summed E-state index contributed by atoms with van der Waals surface area (Å²) in [5, 5.41) is 3.29. The van der Waals surface area contributed by atoms with Crippen LogP contribution >= 0.6 is 12.2 Å². The summed E-state index contributed by atoms with van der Waals surface area (Å²) in [6, 6.07) is 4.91. The van der Waals surface area contributed by atoms with E-state index in [1.165, 1.54) is 6.07 Å². The molecule has 0 amide bonds. The highest BCUT2D eigenvalue weighted by atomic mass is 32.1. The molecule has 1 aromatic rings. The molecule has 1 aromatic carbocycles. The maximum absolute atomic E-state index is 14.1. The van der Waals surface area contributed by atoms with Gasteiger partial charge >= 0.3 is 0 Å². The Kier molecular flexibility index (Phi) is 5.60. The number of nitrogens with one attached hydrogen (secondary N) is 1. The van der Waals surface area contributed by atoms with E-state index in [4.69, 9.17) is 22.7 Å². The fraction of sp³-hybridized carbons (Fsp3) is 0.353. The standard InChI is InChI=1S/C17H22FN3OS/c1-3-22-15-8-6-7-14(18)13(15)9-12-21-11-5-4-10-17(21,2)20-16(19)23/h4-8,10-11H,3,9,12H2,1-2H3,(H3,19,20,23). The van der Waals surface area contributed by atoms with E-state index in [1.54, 1.807) is 12.1 Å². The largest absolute Gasteiger partial charge is 0.493 e. The molecule has 23 heavy (non-hydrogen) atoms. The van der Waals surface area contributed by atoms with Gasteiger partial charge in [-0.1, -0.05) is 12.1 Å². The summed E-state index contributed by atoms with van der Waals surface area (Å²) in [4.78, 5) is 2.04. The van der Waals surface area contributed by atoms with E-state index in [0.717, 1.165) is 0 Å². The van der Waals surface area contributed by atoms with Crippen molar-refractivity contribution in [3.63, 3.8) is 0 Å². The normalized spacial score (nSPS) is 19.7. The molecular formula is C17H22FN3OS. The first-order valence-corrected chi connectivity index (χ1v) is 7.97. The molecule has 0 aliphatic carbocycles. The minimum Gasteiger partial charge on any atom is -0.493 e. The van der Waals surface area contributed by atoms with E-state index in [9.17, 15) is 4.39 Å². The smallest absolute Gasteiger partial charge is 0.165 e. The maximum Gasteiger partial charge on any atom is 0.165 e. The third kappa shape index (κ3) is 4.22. The van der Waals surface area contributed by atoms with Crippen LogP contribution in [0.3, 0.4) is 0 Å². The van der Waals surface area contributed by atoms with Crippen LogP contribution in [0.2, 0.25) is 0 Å². The predicted molar refractivity (Wildman–Crippen MR) is 94.6 cm³/mol. The second kappa shape index (κ2) is 7.46. The van der Waals surface area contributed by atoms with E-state index < -0.39 is 5.66 Å². The minimum atomic E-state index is -0.530. The van der Waals surface area contributed by atoms with Gasteiger partial charge in [-0.3, -0.25) is 0 Å². The predicted octanol–water partition coefficient (Wildman–Crippen LogP) is 2.70. The van der Waals surface area contributed by atoms with Gasteiger partial charge in [0.15, 0.2) is 5.11 Å². The Bertz CT molecular complexity index is 632. The van der Waals surface area contributed by atoms with Crippen LogP contribution in [-0.2, 0) is 6.42 Å². The van der Waals surface area contributed by atoms with Crippen LogP contribution < -0.4 is 15.8 Å². The number of nitrogens with zero attached hydrogens (tertiary/aromatic N) is 1. The van der Waals surface area contributed by atoms with Crippen molar-refractivity contribution < 1.29 is 9.13 Å². The van der Waals surface area contributed by atoms with Crippen LogP contribution in [0.1, 0.15) is 19.4 Å². The van der Waals surface area contributed by atoms with E-state index in [-0.39, 0.29) is 10.9 Å². The molecule has 0 aromatic heterocycles. The van der Waals surface area contributed by atoms with Crippen molar-refractivity contribution in [2.75, 3.05) is 13.2 Å². The lowest BCUT2D eigenvalue weighted by Gasteiger charge is -2.41. The number of thiocarbonyl (C=S) groups is 1. The van der Waals surface area contributed by atoms with Gasteiger partial charge in [0, 0.05) is 18.3 Å². The number of benzene rings is 1. The number of hydrogen-bond donors (Lipinski definition) is 2. The zero-order valence-corrected chi connectivity index (χ0v) is 14.2. The fourth-order valence-electron chi connectivity index (χ4n) is 2.62. The number of rotatable bonds is 6. The molecule has 1 unspecified atom stereocenters. The molecule has 1 aliphatic heterocycles. The molecule has 3 N–H and O–H groups in total. The van der Waals surface area contributed by atoms with Crippen molar-refractivity contribution in [2.24, 2.45) is 5.73 Å². The van der Waals surface area contributed by atoms with Crippen LogP contribution in [0.5, 0.6) is 5.75 Å². The third-order valence-electron chi connectivity index (χ3n) is 3.75. The molecule has 0 bridgehead atoms. The van der Waals surface area contributed by atoms with E-state index in [0.29, 0.717) is 30.9 Å². The molecule has 4 nitrogen and oxygen atoms in total. The van der Waals surface area contributed by atoms with Gasteiger partial charge in [-0.2, -0.15) is 0 Å². The molecule has 2 rings (SSSR count). The van der Waals surface area contributed by atoms with Gasteiger partial charge in [0.1, 0.15) is 17.2 Å². The number of allylic oxidation sites excluding steroid dienone is 2. The summed E-state index contributed by atoms with van der Waals surface area (Å²) in [5.41, 5.74) is 5.67. The number of hydrogen-bond acceptors (Lipinski definition) is 3. The van der Waals surface area contributed by atoms with E-state index >= 15 is 0 Å². The summed E-state index contributed by atoms with van der Waals surface area (Å²) in [7, 11) is 0. The molecule has 0 spiro atoms. The van der Waals surface area contributed by atoms with Crippen LogP contribution in [0, 0.1) is 5.82 Å². The molecule has 1 atom stereocenters. The van der Waals surface area contributed by atoms with Crippen LogP contribution in [0.4, 0.5) is 4.39 Å². The van der Waals surface area contributed by atoms with Gasteiger partial charge in [0.05, 0.1) is 6.61 Å². The minimum absolute atomic E-state index is 0.221. The SMILES string of the molecule is CCOc1cccc(F)c1CCN1C=CC=CC1(C)NC(N)=S. The second-order valence-corrected chi connectivity index (χ2v) is 5.87. The van der Waals surface area contributed by atoms with Gasteiger partial charge < -0.3 is 20.7 Å². The molecule has 6 heteroatoms. The number of halogens is 1. The lowest BCUT2D eigenvalue weighted by molar-refractivity contribution is 0.196. The molecule has 0 radical (unpaired) electrons. The van der Waals surface area contributed by atoms with Gasteiger partial charge in [-0.25, -0.2) is 4.39 Å². The molecule has 0 fully saturated rings. The van der Waals surface area contributed by atoms with Crippen LogP contribution in [-0.4, -0.2) is 28.8 Å². The topological polar surface area (TPSA) is 50.5 Å². The van der Waals surface area contributed by atoms with Crippen molar-refractivity contribution >= 4 is 17.3 Å². The Morgan fingerprint density at radius 1 is 1.43 bits per heavy atom. The Labute approximate surface area is 141 Å². The first-order chi connectivity index (χ1) is 11.0. The average Bonchev–Trinajstić information content (AvgIpc) is 2.47. The van der Waals surface area contributed by atoms with Crippen molar-refractivity contribution in [2.45, 2.75) is 25.9 Å². The summed E-state index contributed by atoms with van der Waals surface area (Å²) in [5.74, 6) is 0.338. The van der Waals surface area contributed by atoms with E-state index in [1.807, 2.05) is 43.2 Å². The molecule has 124 valence electrons. The Balaban J connectivity index is 2.15.